The van der Waals surface area contributed by atoms with Gasteiger partial charge in [-0.1, -0.05) is 18.5 Å². The van der Waals surface area contributed by atoms with Gasteiger partial charge in [0.2, 0.25) is 0 Å². The number of benzene rings is 1. The molecule has 116 valence electrons. The van der Waals surface area contributed by atoms with Crippen LogP contribution in [0.25, 0.3) is 0 Å². The SMILES string of the molecule is CCCNc1ccc(Cl)cc1C(=O)NCC1(OC)CCC1. The van der Waals surface area contributed by atoms with Crippen LogP contribution in [0.4, 0.5) is 5.69 Å². The Balaban J connectivity index is 2.05. The molecule has 1 aliphatic carbocycles. The van der Waals surface area contributed by atoms with Crippen molar-refractivity contribution in [3.05, 3.63) is 28.8 Å². The van der Waals surface area contributed by atoms with Gasteiger partial charge in [0.1, 0.15) is 0 Å². The van der Waals surface area contributed by atoms with Gasteiger partial charge in [-0.3, -0.25) is 4.79 Å². The van der Waals surface area contributed by atoms with E-state index in [1.54, 1.807) is 19.2 Å². The van der Waals surface area contributed by atoms with Gasteiger partial charge < -0.3 is 15.4 Å². The fraction of sp³-hybridized carbons (Fsp3) is 0.562. The van der Waals surface area contributed by atoms with E-state index in [4.69, 9.17) is 16.3 Å². The molecular weight excluding hydrogens is 288 g/mol. The lowest BCUT2D eigenvalue weighted by atomic mass is 9.80. The Morgan fingerprint density at radius 2 is 2.19 bits per heavy atom. The van der Waals surface area contributed by atoms with E-state index in [0.717, 1.165) is 37.9 Å². The number of nitrogens with one attached hydrogen (secondary N) is 2. The molecule has 0 unspecified atom stereocenters. The first kappa shape index (κ1) is 16.1. The van der Waals surface area contributed by atoms with Gasteiger partial charge in [-0.25, -0.2) is 0 Å². The summed E-state index contributed by atoms with van der Waals surface area (Å²) in [5, 5.41) is 6.80. The minimum atomic E-state index is -0.175. The molecule has 2 N–H and O–H groups in total. The second kappa shape index (κ2) is 7.14. The van der Waals surface area contributed by atoms with Crippen molar-refractivity contribution in [2.45, 2.75) is 38.2 Å². The third kappa shape index (κ3) is 3.89. The van der Waals surface area contributed by atoms with Crippen LogP contribution in [0.3, 0.4) is 0 Å². The number of ether oxygens (including phenoxy) is 1. The van der Waals surface area contributed by atoms with Gasteiger partial charge in [0.05, 0.1) is 11.2 Å². The van der Waals surface area contributed by atoms with Crippen molar-refractivity contribution >= 4 is 23.2 Å². The van der Waals surface area contributed by atoms with E-state index in [2.05, 4.69) is 17.6 Å². The molecule has 1 fully saturated rings. The summed E-state index contributed by atoms with van der Waals surface area (Å²) in [5.41, 5.74) is 1.23. The van der Waals surface area contributed by atoms with E-state index in [0.29, 0.717) is 17.1 Å². The highest BCUT2D eigenvalue weighted by Crippen LogP contribution is 2.34. The maximum absolute atomic E-state index is 12.4. The zero-order valence-corrected chi connectivity index (χ0v) is 13.4. The summed E-state index contributed by atoms with van der Waals surface area (Å²) < 4.78 is 5.52. The zero-order chi connectivity index (χ0) is 15.3. The Labute approximate surface area is 131 Å². The van der Waals surface area contributed by atoms with E-state index >= 15 is 0 Å². The summed E-state index contributed by atoms with van der Waals surface area (Å²) in [4.78, 5) is 12.4. The van der Waals surface area contributed by atoms with Gasteiger partial charge in [0.15, 0.2) is 0 Å². The van der Waals surface area contributed by atoms with Crippen molar-refractivity contribution < 1.29 is 9.53 Å². The molecule has 1 aromatic rings. The van der Waals surface area contributed by atoms with Crippen LogP contribution in [0.15, 0.2) is 18.2 Å². The summed E-state index contributed by atoms with van der Waals surface area (Å²) in [7, 11) is 1.71. The van der Waals surface area contributed by atoms with Gasteiger partial charge in [-0.15, -0.1) is 0 Å². The summed E-state index contributed by atoms with van der Waals surface area (Å²) in [6, 6.07) is 5.34. The van der Waals surface area contributed by atoms with Crippen LogP contribution in [-0.2, 0) is 4.74 Å². The molecular formula is C16H23ClN2O2. The molecule has 2 rings (SSSR count). The second-order valence-electron chi connectivity index (χ2n) is 5.54. The molecule has 0 saturated heterocycles. The van der Waals surface area contributed by atoms with Crippen LogP contribution in [0, 0.1) is 0 Å². The Kier molecular flexibility index (Phi) is 5.48. The molecule has 1 aromatic carbocycles. The number of methoxy groups -OCH3 is 1. The fourth-order valence-electron chi connectivity index (χ4n) is 2.48. The van der Waals surface area contributed by atoms with Crippen molar-refractivity contribution in [2.24, 2.45) is 0 Å². The van der Waals surface area contributed by atoms with Crippen LogP contribution >= 0.6 is 11.6 Å². The molecule has 0 heterocycles. The van der Waals surface area contributed by atoms with Crippen molar-refractivity contribution in [3.8, 4) is 0 Å². The highest BCUT2D eigenvalue weighted by molar-refractivity contribution is 6.31. The minimum absolute atomic E-state index is 0.112. The average Bonchev–Trinajstić information content (AvgIpc) is 2.45. The molecule has 21 heavy (non-hydrogen) atoms. The molecule has 0 aliphatic heterocycles. The van der Waals surface area contributed by atoms with Crippen LogP contribution < -0.4 is 10.6 Å². The van der Waals surface area contributed by atoms with E-state index in [1.165, 1.54) is 0 Å². The first-order chi connectivity index (χ1) is 10.1. The monoisotopic (exact) mass is 310 g/mol. The molecule has 1 amide bonds. The summed E-state index contributed by atoms with van der Waals surface area (Å²) in [6.07, 6.45) is 4.15. The van der Waals surface area contributed by atoms with Crippen molar-refractivity contribution in [3.63, 3.8) is 0 Å². The summed E-state index contributed by atoms with van der Waals surface area (Å²) in [5.74, 6) is -0.112. The molecule has 0 radical (unpaired) electrons. The molecule has 0 atom stereocenters. The largest absolute Gasteiger partial charge is 0.384 e. The summed E-state index contributed by atoms with van der Waals surface area (Å²) in [6.45, 7) is 3.45. The van der Waals surface area contributed by atoms with E-state index in [1.807, 2.05) is 6.07 Å². The van der Waals surface area contributed by atoms with Crippen molar-refractivity contribution in [2.75, 3.05) is 25.5 Å². The number of hydrogen-bond donors (Lipinski definition) is 2. The molecule has 1 saturated carbocycles. The van der Waals surface area contributed by atoms with Crippen LogP contribution in [0.1, 0.15) is 43.0 Å². The Hall–Kier alpha value is -1.26. The molecule has 0 bridgehead atoms. The first-order valence-corrected chi connectivity index (χ1v) is 7.85. The number of rotatable bonds is 7. The molecule has 5 heteroatoms. The fourth-order valence-corrected chi connectivity index (χ4v) is 2.65. The van der Waals surface area contributed by atoms with Crippen LogP contribution in [0.5, 0.6) is 0 Å². The van der Waals surface area contributed by atoms with E-state index < -0.39 is 0 Å². The van der Waals surface area contributed by atoms with Crippen molar-refractivity contribution in [1.82, 2.24) is 5.32 Å². The molecule has 1 aliphatic rings. The van der Waals surface area contributed by atoms with E-state index in [9.17, 15) is 4.79 Å². The number of hydrogen-bond acceptors (Lipinski definition) is 3. The van der Waals surface area contributed by atoms with Crippen LogP contribution in [-0.4, -0.2) is 31.7 Å². The zero-order valence-electron chi connectivity index (χ0n) is 12.7. The maximum Gasteiger partial charge on any atom is 0.253 e. The van der Waals surface area contributed by atoms with E-state index in [-0.39, 0.29) is 11.5 Å². The standard InChI is InChI=1S/C16H23ClN2O2/c1-3-9-18-14-6-5-12(17)10-13(14)15(20)19-11-16(21-2)7-4-8-16/h5-6,10,18H,3-4,7-9,11H2,1-2H3,(H,19,20). The average molecular weight is 311 g/mol. The predicted molar refractivity (Wildman–Crippen MR) is 86.2 cm³/mol. The molecule has 4 nitrogen and oxygen atoms in total. The lowest BCUT2D eigenvalue weighted by Crippen LogP contribution is -2.49. The topological polar surface area (TPSA) is 50.4 Å². The quantitative estimate of drug-likeness (QED) is 0.811. The third-order valence-corrected chi connectivity index (χ3v) is 4.30. The lowest BCUT2D eigenvalue weighted by molar-refractivity contribution is -0.0679. The second-order valence-corrected chi connectivity index (χ2v) is 5.98. The Morgan fingerprint density at radius 3 is 2.76 bits per heavy atom. The number of anilines is 1. The Morgan fingerprint density at radius 1 is 1.43 bits per heavy atom. The van der Waals surface area contributed by atoms with Crippen LogP contribution in [0.2, 0.25) is 5.02 Å². The van der Waals surface area contributed by atoms with Gasteiger partial charge in [-0.05, 0) is 43.9 Å². The van der Waals surface area contributed by atoms with Gasteiger partial charge in [0.25, 0.3) is 5.91 Å². The first-order valence-electron chi connectivity index (χ1n) is 7.47. The maximum atomic E-state index is 12.4. The van der Waals surface area contributed by atoms with Gasteiger partial charge in [0, 0.05) is 30.9 Å². The predicted octanol–water partition coefficient (Wildman–Crippen LogP) is 3.46. The third-order valence-electron chi connectivity index (χ3n) is 4.06. The normalized spacial score (nSPS) is 16.1. The van der Waals surface area contributed by atoms with Gasteiger partial charge >= 0.3 is 0 Å². The molecule has 0 aromatic heterocycles. The smallest absolute Gasteiger partial charge is 0.253 e. The number of carbonyl (C=O) groups is 1. The van der Waals surface area contributed by atoms with Gasteiger partial charge in [-0.2, -0.15) is 0 Å². The number of halogens is 1. The lowest BCUT2D eigenvalue weighted by Gasteiger charge is -2.40. The van der Waals surface area contributed by atoms with Crippen molar-refractivity contribution in [1.29, 1.82) is 0 Å². The summed E-state index contributed by atoms with van der Waals surface area (Å²) >= 11 is 6.02. The minimum Gasteiger partial charge on any atom is -0.384 e. The Bertz CT molecular complexity index is 496. The highest BCUT2D eigenvalue weighted by atomic mass is 35.5. The molecule has 0 spiro atoms. The highest BCUT2D eigenvalue weighted by Gasteiger charge is 2.37. The number of amides is 1. The number of carbonyl (C=O) groups excluding carboxylic acids is 1.